The van der Waals surface area contributed by atoms with E-state index in [-0.39, 0.29) is 10.8 Å². The van der Waals surface area contributed by atoms with Crippen molar-refractivity contribution >= 4 is 17.4 Å². The van der Waals surface area contributed by atoms with Crippen LogP contribution in [0.1, 0.15) is 12.0 Å². The SMILES string of the molecule is CN(c1ccncn1)C1CCN(Cc2ccc(Cl)c(F)c2)C1. The van der Waals surface area contributed by atoms with Gasteiger partial charge in [0.2, 0.25) is 0 Å². The van der Waals surface area contributed by atoms with E-state index in [1.807, 2.05) is 12.1 Å². The first-order valence-corrected chi connectivity index (χ1v) is 7.66. The molecule has 0 radical (unpaired) electrons. The number of halogens is 2. The lowest BCUT2D eigenvalue weighted by Gasteiger charge is -2.25. The summed E-state index contributed by atoms with van der Waals surface area (Å²) in [7, 11) is 2.05. The molecule has 1 aliphatic rings. The molecule has 0 aliphatic carbocycles. The first-order valence-electron chi connectivity index (χ1n) is 7.28. The second-order valence-electron chi connectivity index (χ2n) is 5.60. The maximum atomic E-state index is 13.5. The Labute approximate surface area is 134 Å². The van der Waals surface area contributed by atoms with Gasteiger partial charge in [-0.15, -0.1) is 0 Å². The molecule has 1 unspecified atom stereocenters. The number of hydrogen-bond acceptors (Lipinski definition) is 4. The maximum Gasteiger partial charge on any atom is 0.142 e. The van der Waals surface area contributed by atoms with Gasteiger partial charge >= 0.3 is 0 Å². The predicted octanol–water partition coefficient (Wildman–Crippen LogP) is 2.98. The fraction of sp³-hybridized carbons (Fsp3) is 0.375. The zero-order valence-electron chi connectivity index (χ0n) is 12.4. The van der Waals surface area contributed by atoms with Crippen LogP contribution in [0.3, 0.4) is 0 Å². The zero-order chi connectivity index (χ0) is 15.5. The first kappa shape index (κ1) is 15.2. The number of likely N-dealkylation sites (N-methyl/N-ethyl adjacent to an activating group) is 1. The molecule has 1 fully saturated rings. The zero-order valence-corrected chi connectivity index (χ0v) is 13.2. The predicted molar refractivity (Wildman–Crippen MR) is 85.5 cm³/mol. The van der Waals surface area contributed by atoms with E-state index < -0.39 is 0 Å². The van der Waals surface area contributed by atoms with Crippen molar-refractivity contribution in [1.82, 2.24) is 14.9 Å². The quantitative estimate of drug-likeness (QED) is 0.867. The third-order valence-corrected chi connectivity index (χ3v) is 4.42. The summed E-state index contributed by atoms with van der Waals surface area (Å²) in [5.41, 5.74) is 0.951. The Hall–Kier alpha value is -1.72. The molecule has 2 heterocycles. The minimum absolute atomic E-state index is 0.173. The van der Waals surface area contributed by atoms with Crippen LogP contribution in [0.4, 0.5) is 10.2 Å². The molecule has 0 N–H and O–H groups in total. The summed E-state index contributed by atoms with van der Waals surface area (Å²) in [6.07, 6.45) is 4.38. The molecular formula is C16H18ClFN4. The molecule has 1 saturated heterocycles. The minimum Gasteiger partial charge on any atom is -0.355 e. The van der Waals surface area contributed by atoms with Gasteiger partial charge < -0.3 is 4.90 Å². The van der Waals surface area contributed by atoms with E-state index in [9.17, 15) is 4.39 Å². The van der Waals surface area contributed by atoms with Gasteiger partial charge in [0.05, 0.1) is 5.02 Å². The summed E-state index contributed by atoms with van der Waals surface area (Å²) in [6.45, 7) is 2.66. The maximum absolute atomic E-state index is 13.5. The average Bonchev–Trinajstić information content (AvgIpc) is 2.99. The van der Waals surface area contributed by atoms with E-state index >= 15 is 0 Å². The molecule has 0 amide bonds. The average molecular weight is 321 g/mol. The Morgan fingerprint density at radius 3 is 3.00 bits per heavy atom. The molecule has 4 nitrogen and oxygen atoms in total. The molecule has 1 aliphatic heterocycles. The van der Waals surface area contributed by atoms with Gasteiger partial charge in [-0.05, 0) is 30.2 Å². The first-order chi connectivity index (χ1) is 10.6. The highest BCUT2D eigenvalue weighted by molar-refractivity contribution is 6.30. The van der Waals surface area contributed by atoms with Crippen LogP contribution in [0, 0.1) is 5.82 Å². The molecule has 3 rings (SSSR count). The van der Waals surface area contributed by atoms with Crippen LogP contribution in [-0.2, 0) is 6.54 Å². The number of aromatic nitrogens is 2. The van der Waals surface area contributed by atoms with Crippen LogP contribution in [0.5, 0.6) is 0 Å². The van der Waals surface area contributed by atoms with E-state index in [0.29, 0.717) is 6.04 Å². The van der Waals surface area contributed by atoms with Crippen LogP contribution < -0.4 is 4.90 Å². The van der Waals surface area contributed by atoms with Gasteiger partial charge in [0.1, 0.15) is 18.0 Å². The topological polar surface area (TPSA) is 32.3 Å². The highest BCUT2D eigenvalue weighted by atomic mass is 35.5. The van der Waals surface area contributed by atoms with Crippen molar-refractivity contribution in [3.05, 3.63) is 53.2 Å². The van der Waals surface area contributed by atoms with Gasteiger partial charge in [0, 0.05) is 38.9 Å². The van der Waals surface area contributed by atoms with Gasteiger partial charge in [-0.25, -0.2) is 14.4 Å². The van der Waals surface area contributed by atoms with Crippen molar-refractivity contribution in [2.45, 2.75) is 19.0 Å². The Kier molecular flexibility index (Phi) is 4.55. The van der Waals surface area contributed by atoms with Crippen molar-refractivity contribution in [2.75, 3.05) is 25.0 Å². The smallest absolute Gasteiger partial charge is 0.142 e. The molecule has 0 spiro atoms. The van der Waals surface area contributed by atoms with Crippen LogP contribution in [-0.4, -0.2) is 41.0 Å². The summed E-state index contributed by atoms with van der Waals surface area (Å²) in [4.78, 5) is 12.7. The van der Waals surface area contributed by atoms with Gasteiger partial charge in [-0.3, -0.25) is 4.90 Å². The second kappa shape index (κ2) is 6.58. The van der Waals surface area contributed by atoms with Crippen molar-refractivity contribution in [3.63, 3.8) is 0 Å². The van der Waals surface area contributed by atoms with E-state index in [2.05, 4.69) is 26.8 Å². The third kappa shape index (κ3) is 3.36. The number of likely N-dealkylation sites (tertiary alicyclic amines) is 1. The lowest BCUT2D eigenvalue weighted by Crippen LogP contribution is -2.34. The summed E-state index contributed by atoms with van der Waals surface area (Å²) in [5, 5.41) is 0.173. The normalized spacial score (nSPS) is 18.6. The summed E-state index contributed by atoms with van der Waals surface area (Å²) < 4.78 is 13.5. The number of rotatable bonds is 4. The molecule has 6 heteroatoms. The molecule has 1 aromatic heterocycles. The van der Waals surface area contributed by atoms with Crippen molar-refractivity contribution in [2.24, 2.45) is 0 Å². The van der Waals surface area contributed by atoms with Crippen LogP contribution >= 0.6 is 11.6 Å². The van der Waals surface area contributed by atoms with Crippen LogP contribution in [0.2, 0.25) is 5.02 Å². The minimum atomic E-state index is -0.354. The Bertz CT molecular complexity index is 637. The lowest BCUT2D eigenvalue weighted by molar-refractivity contribution is 0.325. The van der Waals surface area contributed by atoms with E-state index in [1.54, 1.807) is 18.6 Å². The Morgan fingerprint density at radius 2 is 2.27 bits per heavy atom. The summed E-state index contributed by atoms with van der Waals surface area (Å²) in [5.74, 6) is 0.576. The van der Waals surface area contributed by atoms with Gasteiger partial charge in [-0.1, -0.05) is 17.7 Å². The van der Waals surface area contributed by atoms with Gasteiger partial charge in [-0.2, -0.15) is 0 Å². The largest absolute Gasteiger partial charge is 0.355 e. The third-order valence-electron chi connectivity index (χ3n) is 4.11. The molecule has 0 bridgehead atoms. The van der Waals surface area contributed by atoms with Gasteiger partial charge in [0.25, 0.3) is 0 Å². The van der Waals surface area contributed by atoms with Crippen molar-refractivity contribution in [1.29, 1.82) is 0 Å². The number of nitrogens with zero attached hydrogens (tertiary/aromatic N) is 4. The highest BCUT2D eigenvalue weighted by Gasteiger charge is 2.26. The summed E-state index contributed by atoms with van der Waals surface area (Å²) >= 11 is 5.72. The van der Waals surface area contributed by atoms with Crippen molar-refractivity contribution in [3.8, 4) is 0 Å². The standard InChI is InChI=1S/C16H18ClFN4/c1-21(16-4-6-19-11-20-16)13-5-7-22(10-13)9-12-2-3-14(17)15(18)8-12/h2-4,6,8,11,13H,5,7,9-10H2,1H3. The molecule has 0 saturated carbocycles. The van der Waals surface area contributed by atoms with E-state index in [1.165, 1.54) is 6.07 Å². The van der Waals surface area contributed by atoms with E-state index in [0.717, 1.165) is 37.4 Å². The van der Waals surface area contributed by atoms with E-state index in [4.69, 9.17) is 11.6 Å². The number of benzene rings is 1. The highest BCUT2D eigenvalue weighted by Crippen LogP contribution is 2.22. The molecule has 1 aromatic carbocycles. The molecule has 116 valence electrons. The Balaban J connectivity index is 1.61. The van der Waals surface area contributed by atoms with Crippen LogP contribution in [0.15, 0.2) is 36.8 Å². The fourth-order valence-corrected chi connectivity index (χ4v) is 2.97. The Morgan fingerprint density at radius 1 is 1.41 bits per heavy atom. The second-order valence-corrected chi connectivity index (χ2v) is 6.01. The molecule has 2 aromatic rings. The summed E-state index contributed by atoms with van der Waals surface area (Å²) in [6, 6.07) is 7.34. The molecular weight excluding hydrogens is 303 g/mol. The monoisotopic (exact) mass is 320 g/mol. The van der Waals surface area contributed by atoms with Crippen LogP contribution in [0.25, 0.3) is 0 Å². The molecule has 1 atom stereocenters. The van der Waals surface area contributed by atoms with Crippen molar-refractivity contribution < 1.29 is 4.39 Å². The number of anilines is 1. The van der Waals surface area contributed by atoms with Gasteiger partial charge in [0.15, 0.2) is 0 Å². The number of hydrogen-bond donors (Lipinski definition) is 0. The lowest BCUT2D eigenvalue weighted by atomic mass is 10.2. The fourth-order valence-electron chi connectivity index (χ4n) is 2.85. The molecule has 22 heavy (non-hydrogen) atoms.